The molecule has 0 spiro atoms. The van der Waals surface area contributed by atoms with Crippen LogP contribution in [0.5, 0.6) is 5.75 Å². The van der Waals surface area contributed by atoms with Crippen LogP contribution in [0.1, 0.15) is 17.2 Å². The predicted octanol–water partition coefficient (Wildman–Crippen LogP) is 2.38. The molecule has 0 radical (unpaired) electrons. The van der Waals surface area contributed by atoms with Crippen LogP contribution in [0, 0.1) is 0 Å². The average Bonchev–Trinajstić information content (AvgIpc) is 3.20. The minimum atomic E-state index is -0.756. The second-order valence-corrected chi connectivity index (χ2v) is 9.36. The molecule has 0 bridgehead atoms. The zero-order valence-electron chi connectivity index (χ0n) is 19.9. The van der Waals surface area contributed by atoms with E-state index >= 15 is 0 Å². The van der Waals surface area contributed by atoms with E-state index in [1.54, 1.807) is 18.2 Å². The predicted molar refractivity (Wildman–Crippen MR) is 135 cm³/mol. The number of carbonyl (C=O) groups excluding carboxylic acids is 2. The maximum absolute atomic E-state index is 12.7. The number of likely N-dealkylation sites (N-methyl/N-ethyl adjacent to an activating group) is 2. The lowest BCUT2D eigenvalue weighted by atomic mass is 10.00. The van der Waals surface area contributed by atoms with Crippen LogP contribution in [0.3, 0.4) is 0 Å². The summed E-state index contributed by atoms with van der Waals surface area (Å²) in [5.74, 6) is -1.01. The Labute approximate surface area is 205 Å². The fraction of sp³-hybridized carbons (Fsp3) is 0.440. The van der Waals surface area contributed by atoms with E-state index in [0.717, 1.165) is 44.7 Å². The number of methoxy groups -OCH3 is 1. The molecule has 0 unspecified atom stereocenters. The molecule has 0 saturated carbocycles. The van der Waals surface area contributed by atoms with Gasteiger partial charge in [-0.05, 0) is 48.9 Å². The highest BCUT2D eigenvalue weighted by Crippen LogP contribution is 2.31. The van der Waals surface area contributed by atoms with Gasteiger partial charge in [-0.2, -0.15) is 0 Å². The number of fused-ring (bicyclic) bond motifs is 1. The first kappa shape index (κ1) is 24.3. The number of halogens is 1. The smallest absolute Gasteiger partial charge is 0.313 e. The Morgan fingerprint density at radius 2 is 1.79 bits per heavy atom. The summed E-state index contributed by atoms with van der Waals surface area (Å²) in [4.78, 5) is 32.3. The van der Waals surface area contributed by atoms with Crippen molar-refractivity contribution in [1.29, 1.82) is 0 Å². The third-order valence-electron chi connectivity index (χ3n) is 6.67. The number of hydrogen-bond acceptors (Lipinski definition) is 6. The Hall–Kier alpha value is -2.81. The lowest BCUT2D eigenvalue weighted by Crippen LogP contribution is -2.49. The third-order valence-corrected chi connectivity index (χ3v) is 6.90. The second-order valence-electron chi connectivity index (χ2n) is 8.92. The highest BCUT2D eigenvalue weighted by Gasteiger charge is 2.27. The Balaban J connectivity index is 1.47. The standard InChI is InChI=1S/C25H32ClN5O3/c1-29-10-12-31(13-11-29)22(17-4-6-21-18(14-17)8-9-30(21)2)16-27-24(32)25(33)28-20-15-19(26)5-7-23(20)34-3/h4-7,14-15,22H,8-13,16H2,1-3H3,(H,27,32)(H,28,33)/t22-/m0/s1. The van der Waals surface area contributed by atoms with Crippen molar-refractivity contribution in [2.24, 2.45) is 0 Å². The maximum Gasteiger partial charge on any atom is 0.313 e. The highest BCUT2D eigenvalue weighted by molar-refractivity contribution is 6.40. The Morgan fingerprint density at radius 3 is 2.53 bits per heavy atom. The van der Waals surface area contributed by atoms with Gasteiger partial charge in [0, 0.05) is 57.0 Å². The molecular weight excluding hydrogens is 454 g/mol. The van der Waals surface area contributed by atoms with E-state index in [2.05, 4.69) is 57.6 Å². The molecule has 0 aliphatic carbocycles. The van der Waals surface area contributed by atoms with Gasteiger partial charge in [-0.1, -0.05) is 23.7 Å². The number of amides is 2. The van der Waals surface area contributed by atoms with Gasteiger partial charge >= 0.3 is 11.8 Å². The van der Waals surface area contributed by atoms with E-state index in [-0.39, 0.29) is 6.04 Å². The highest BCUT2D eigenvalue weighted by atomic mass is 35.5. The first-order chi connectivity index (χ1) is 16.4. The van der Waals surface area contributed by atoms with Crippen molar-refractivity contribution < 1.29 is 14.3 Å². The Bertz CT molecular complexity index is 1050. The van der Waals surface area contributed by atoms with E-state index in [1.165, 1.54) is 18.4 Å². The number of benzene rings is 2. The van der Waals surface area contributed by atoms with Crippen LogP contribution in [0.15, 0.2) is 36.4 Å². The van der Waals surface area contributed by atoms with Gasteiger partial charge < -0.3 is 25.2 Å². The van der Waals surface area contributed by atoms with Gasteiger partial charge in [0.05, 0.1) is 18.8 Å². The molecule has 0 aromatic heterocycles. The summed E-state index contributed by atoms with van der Waals surface area (Å²) in [5.41, 5.74) is 4.11. The van der Waals surface area contributed by atoms with Gasteiger partial charge in [-0.15, -0.1) is 0 Å². The Morgan fingerprint density at radius 1 is 1.03 bits per heavy atom. The van der Waals surface area contributed by atoms with Crippen molar-refractivity contribution >= 4 is 34.8 Å². The summed E-state index contributed by atoms with van der Waals surface area (Å²) in [6.07, 6.45) is 1.02. The molecule has 34 heavy (non-hydrogen) atoms. The van der Waals surface area contributed by atoms with E-state index < -0.39 is 11.8 Å². The van der Waals surface area contributed by atoms with Crippen LogP contribution < -0.4 is 20.3 Å². The number of hydrogen-bond donors (Lipinski definition) is 2. The van der Waals surface area contributed by atoms with Gasteiger partial charge in [0.15, 0.2) is 0 Å². The molecule has 1 atom stereocenters. The molecular formula is C25H32ClN5O3. The van der Waals surface area contributed by atoms with Crippen LogP contribution in [-0.4, -0.2) is 82.1 Å². The first-order valence-corrected chi connectivity index (χ1v) is 11.9. The number of ether oxygens (including phenoxy) is 1. The molecule has 2 heterocycles. The summed E-state index contributed by atoms with van der Waals surface area (Å²) in [7, 11) is 5.72. The molecule has 2 N–H and O–H groups in total. The summed E-state index contributed by atoms with van der Waals surface area (Å²) >= 11 is 6.03. The van der Waals surface area contributed by atoms with Gasteiger partial charge in [0.25, 0.3) is 0 Å². The third kappa shape index (κ3) is 5.46. The van der Waals surface area contributed by atoms with Crippen LogP contribution in [0.2, 0.25) is 5.02 Å². The minimum Gasteiger partial charge on any atom is -0.495 e. The lowest BCUT2D eigenvalue weighted by Gasteiger charge is -2.38. The number of nitrogens with zero attached hydrogens (tertiary/aromatic N) is 3. The van der Waals surface area contributed by atoms with Gasteiger partial charge in [0.2, 0.25) is 0 Å². The molecule has 2 aromatic carbocycles. The van der Waals surface area contributed by atoms with Crippen LogP contribution in [-0.2, 0) is 16.0 Å². The molecule has 1 fully saturated rings. The number of nitrogens with one attached hydrogen (secondary N) is 2. The van der Waals surface area contributed by atoms with Gasteiger partial charge in [0.1, 0.15) is 5.75 Å². The summed E-state index contributed by atoms with van der Waals surface area (Å²) in [6.45, 7) is 5.10. The zero-order chi connectivity index (χ0) is 24.2. The topological polar surface area (TPSA) is 77.1 Å². The second kappa shape index (κ2) is 10.6. The first-order valence-electron chi connectivity index (χ1n) is 11.5. The van der Waals surface area contributed by atoms with E-state index in [9.17, 15) is 9.59 Å². The normalized spacial score (nSPS) is 17.2. The van der Waals surface area contributed by atoms with Crippen molar-refractivity contribution in [1.82, 2.24) is 15.1 Å². The quantitative estimate of drug-likeness (QED) is 0.612. The van der Waals surface area contributed by atoms with Crippen molar-refractivity contribution in [3.05, 3.63) is 52.5 Å². The average molecular weight is 486 g/mol. The summed E-state index contributed by atoms with van der Waals surface area (Å²) in [6, 6.07) is 11.4. The van der Waals surface area contributed by atoms with Crippen molar-refractivity contribution in [2.75, 3.05) is 70.7 Å². The molecule has 2 aliphatic rings. The fourth-order valence-electron chi connectivity index (χ4n) is 4.61. The van der Waals surface area contributed by atoms with Crippen molar-refractivity contribution in [3.8, 4) is 5.75 Å². The number of carbonyl (C=O) groups is 2. The van der Waals surface area contributed by atoms with Gasteiger partial charge in [-0.25, -0.2) is 0 Å². The molecule has 8 nitrogen and oxygen atoms in total. The van der Waals surface area contributed by atoms with Crippen molar-refractivity contribution in [3.63, 3.8) is 0 Å². The van der Waals surface area contributed by atoms with Crippen LogP contribution in [0.4, 0.5) is 11.4 Å². The summed E-state index contributed by atoms with van der Waals surface area (Å²) in [5, 5.41) is 5.89. The largest absolute Gasteiger partial charge is 0.495 e. The molecule has 2 amide bonds. The lowest BCUT2D eigenvalue weighted by molar-refractivity contribution is -0.136. The summed E-state index contributed by atoms with van der Waals surface area (Å²) < 4.78 is 5.25. The monoisotopic (exact) mass is 485 g/mol. The molecule has 9 heteroatoms. The van der Waals surface area contributed by atoms with E-state index in [0.29, 0.717) is 23.0 Å². The molecule has 4 rings (SSSR count). The molecule has 182 valence electrons. The molecule has 2 aliphatic heterocycles. The van der Waals surface area contributed by atoms with E-state index in [1.807, 2.05) is 0 Å². The fourth-order valence-corrected chi connectivity index (χ4v) is 4.78. The van der Waals surface area contributed by atoms with Crippen LogP contribution in [0.25, 0.3) is 0 Å². The SMILES string of the molecule is COc1ccc(Cl)cc1NC(=O)C(=O)NC[C@@H](c1ccc2c(c1)CCN2C)N1CCN(C)CC1. The molecule has 1 saturated heterocycles. The van der Waals surface area contributed by atoms with Gasteiger partial charge in [-0.3, -0.25) is 14.5 Å². The Kier molecular flexibility index (Phi) is 7.60. The van der Waals surface area contributed by atoms with E-state index in [4.69, 9.17) is 16.3 Å². The number of rotatable bonds is 6. The van der Waals surface area contributed by atoms with Crippen molar-refractivity contribution in [2.45, 2.75) is 12.5 Å². The molecule has 2 aromatic rings. The zero-order valence-corrected chi connectivity index (χ0v) is 20.7. The maximum atomic E-state index is 12.7. The number of anilines is 2. The van der Waals surface area contributed by atoms with Crippen LogP contribution >= 0.6 is 11.6 Å². The number of piperazine rings is 1. The minimum absolute atomic E-state index is 0.0117.